The maximum Gasteiger partial charge on any atom is 0.119 e. The van der Waals surface area contributed by atoms with Gasteiger partial charge in [0.05, 0.1) is 18.8 Å². The van der Waals surface area contributed by atoms with Gasteiger partial charge < -0.3 is 19.3 Å². The molecule has 2 aliphatic carbocycles. The molecule has 240 valence electrons. The number of hydrogen-bond donors (Lipinski definition) is 1. The van der Waals surface area contributed by atoms with Crippen molar-refractivity contribution in [2.45, 2.75) is 64.1 Å². The fraction of sp³-hybridized carbons (Fsp3) is 0.351. The third-order valence-electron chi connectivity index (χ3n) is 6.98. The quantitative estimate of drug-likeness (QED) is 0.114. The van der Waals surface area contributed by atoms with Crippen LogP contribution in [-0.2, 0) is 22.3 Å². The van der Waals surface area contributed by atoms with Gasteiger partial charge in [0.25, 0.3) is 0 Å². The lowest BCUT2D eigenvalue weighted by Gasteiger charge is -2.09. The minimum absolute atomic E-state index is 0.289. The Balaban J connectivity index is 0.000000174. The first-order valence-corrected chi connectivity index (χ1v) is 18.3. The van der Waals surface area contributed by atoms with Gasteiger partial charge in [0.1, 0.15) is 18.1 Å². The fourth-order valence-corrected chi connectivity index (χ4v) is 5.72. The molecule has 45 heavy (non-hydrogen) atoms. The van der Waals surface area contributed by atoms with Gasteiger partial charge in [-0.25, -0.2) is 0 Å². The highest BCUT2D eigenvalue weighted by atomic mass is 127. The van der Waals surface area contributed by atoms with E-state index in [1.807, 2.05) is 48.5 Å². The minimum Gasteiger partial charge on any atom is -0.508 e. The number of aromatic hydroxyl groups is 1. The number of rotatable bonds is 12. The Morgan fingerprint density at radius 3 is 1.58 bits per heavy atom. The first kappa shape index (κ1) is 36.3. The van der Waals surface area contributed by atoms with E-state index in [-0.39, 0.29) is 5.75 Å². The highest BCUT2D eigenvalue weighted by molar-refractivity contribution is 14.1. The van der Waals surface area contributed by atoms with Crippen LogP contribution in [0.4, 0.5) is 0 Å². The van der Waals surface area contributed by atoms with E-state index < -0.39 is 0 Å². The third kappa shape index (κ3) is 14.4. The van der Waals surface area contributed by atoms with Crippen molar-refractivity contribution in [3.63, 3.8) is 0 Å². The van der Waals surface area contributed by atoms with Gasteiger partial charge in [-0.15, -0.1) is 0 Å². The summed E-state index contributed by atoms with van der Waals surface area (Å²) >= 11 is 17.0. The van der Waals surface area contributed by atoms with E-state index in [9.17, 15) is 5.11 Å². The molecule has 8 heteroatoms. The van der Waals surface area contributed by atoms with Gasteiger partial charge in [0, 0.05) is 23.8 Å². The molecule has 4 aromatic rings. The average Bonchev–Trinajstić information content (AvgIpc) is 3.97. The molecule has 0 amide bonds. The van der Waals surface area contributed by atoms with Crippen LogP contribution in [0.3, 0.4) is 0 Å². The molecule has 0 bridgehead atoms. The molecule has 2 saturated carbocycles. The normalized spacial score (nSPS) is 13.7. The summed E-state index contributed by atoms with van der Waals surface area (Å²) in [7, 11) is 0. The predicted octanol–water partition coefficient (Wildman–Crippen LogP) is 10.9. The van der Waals surface area contributed by atoms with Crippen LogP contribution in [0.15, 0.2) is 84.9 Å². The van der Waals surface area contributed by atoms with Crippen molar-refractivity contribution in [3.8, 4) is 11.5 Å². The molecule has 4 nitrogen and oxygen atoms in total. The van der Waals surface area contributed by atoms with E-state index in [1.54, 1.807) is 12.1 Å². The SMILES string of the molecule is CCCOC1CC1.Clc1ccc(I)cc1Cc1ccc(OCCOC2CC2)cc1.Oc1ccc(Cc2cc(I)ccc2Cl)cc1. The minimum atomic E-state index is 0.289. The van der Waals surface area contributed by atoms with Gasteiger partial charge >= 0.3 is 0 Å². The number of ether oxygens (including phenoxy) is 3. The number of halogens is 4. The Labute approximate surface area is 305 Å². The highest BCUT2D eigenvalue weighted by Crippen LogP contribution is 2.25. The highest BCUT2D eigenvalue weighted by Gasteiger charge is 2.21. The van der Waals surface area contributed by atoms with Crippen molar-refractivity contribution < 1.29 is 19.3 Å². The molecule has 0 heterocycles. The van der Waals surface area contributed by atoms with Crippen molar-refractivity contribution in [3.05, 3.63) is 124 Å². The van der Waals surface area contributed by atoms with Crippen LogP contribution in [0.5, 0.6) is 11.5 Å². The Morgan fingerprint density at radius 1 is 0.644 bits per heavy atom. The lowest BCUT2D eigenvalue weighted by molar-refractivity contribution is 0.0881. The first-order chi connectivity index (χ1) is 21.8. The number of phenols is 1. The van der Waals surface area contributed by atoms with Crippen LogP contribution in [0, 0.1) is 7.14 Å². The summed E-state index contributed by atoms with van der Waals surface area (Å²) in [4.78, 5) is 0. The summed E-state index contributed by atoms with van der Waals surface area (Å²) in [6.07, 6.45) is 8.95. The maximum atomic E-state index is 9.19. The largest absolute Gasteiger partial charge is 0.508 e. The van der Waals surface area contributed by atoms with Crippen LogP contribution in [0.2, 0.25) is 10.0 Å². The van der Waals surface area contributed by atoms with Crippen LogP contribution < -0.4 is 4.74 Å². The van der Waals surface area contributed by atoms with Gasteiger partial charge in [-0.1, -0.05) is 54.4 Å². The van der Waals surface area contributed by atoms with E-state index in [4.69, 9.17) is 37.4 Å². The Morgan fingerprint density at radius 2 is 1.11 bits per heavy atom. The summed E-state index contributed by atoms with van der Waals surface area (Å²) < 4.78 is 18.9. The lowest BCUT2D eigenvalue weighted by Crippen LogP contribution is -2.07. The van der Waals surface area contributed by atoms with Crippen molar-refractivity contribution in [2.75, 3.05) is 19.8 Å². The van der Waals surface area contributed by atoms with E-state index in [0.29, 0.717) is 25.4 Å². The smallest absolute Gasteiger partial charge is 0.119 e. The Hall–Kier alpha value is -1.56. The predicted molar refractivity (Wildman–Crippen MR) is 202 cm³/mol. The second-order valence-corrected chi connectivity index (χ2v) is 14.4. The van der Waals surface area contributed by atoms with Crippen LogP contribution in [0.25, 0.3) is 0 Å². The van der Waals surface area contributed by atoms with Crippen LogP contribution in [-0.4, -0.2) is 37.1 Å². The van der Waals surface area contributed by atoms with Gasteiger partial charge in [0.15, 0.2) is 0 Å². The van der Waals surface area contributed by atoms with Crippen LogP contribution >= 0.6 is 68.4 Å². The molecular formula is C37H40Cl2I2O4. The number of phenolic OH excluding ortho intramolecular Hbond substituents is 1. The molecule has 4 aromatic carbocycles. The van der Waals surface area contributed by atoms with Gasteiger partial charge in [-0.3, -0.25) is 0 Å². The molecular weight excluding hydrogens is 833 g/mol. The summed E-state index contributed by atoms with van der Waals surface area (Å²) in [5.41, 5.74) is 4.63. The second-order valence-electron chi connectivity index (χ2n) is 11.1. The van der Waals surface area contributed by atoms with E-state index in [1.165, 1.54) is 38.4 Å². The Bertz CT molecular complexity index is 1460. The molecule has 0 aromatic heterocycles. The molecule has 0 atom stereocenters. The fourth-order valence-electron chi connectivity index (χ4n) is 4.24. The summed E-state index contributed by atoms with van der Waals surface area (Å²) in [6.45, 7) is 4.39. The van der Waals surface area contributed by atoms with Crippen LogP contribution in [0.1, 0.15) is 61.3 Å². The van der Waals surface area contributed by atoms with Gasteiger partial charge in [-0.2, -0.15) is 0 Å². The van der Waals surface area contributed by atoms with E-state index in [0.717, 1.165) is 58.4 Å². The monoisotopic (exact) mass is 872 g/mol. The topological polar surface area (TPSA) is 47.9 Å². The summed E-state index contributed by atoms with van der Waals surface area (Å²) in [5.74, 6) is 1.18. The number of benzene rings is 4. The average molecular weight is 873 g/mol. The third-order valence-corrected chi connectivity index (χ3v) is 9.06. The summed E-state index contributed by atoms with van der Waals surface area (Å²) in [5, 5.41) is 10.8. The van der Waals surface area contributed by atoms with E-state index >= 15 is 0 Å². The molecule has 0 aliphatic heterocycles. The molecule has 2 fully saturated rings. The molecule has 0 radical (unpaired) electrons. The number of hydrogen-bond acceptors (Lipinski definition) is 4. The lowest BCUT2D eigenvalue weighted by atomic mass is 10.1. The Kier molecular flexibility index (Phi) is 15.6. The van der Waals surface area contributed by atoms with Crippen molar-refractivity contribution in [1.82, 2.24) is 0 Å². The van der Waals surface area contributed by atoms with E-state index in [2.05, 4.69) is 76.4 Å². The maximum absolute atomic E-state index is 9.19. The molecule has 0 saturated heterocycles. The van der Waals surface area contributed by atoms with Crippen molar-refractivity contribution in [2.24, 2.45) is 0 Å². The zero-order valence-electron chi connectivity index (χ0n) is 25.5. The van der Waals surface area contributed by atoms with Gasteiger partial charge in [-0.05, 0) is 173 Å². The van der Waals surface area contributed by atoms with Gasteiger partial charge in [0.2, 0.25) is 0 Å². The standard InChI is InChI=1S/C18H18ClIO2.C13H10ClIO.C6H12O/c19-18-8-3-15(20)12-14(18)11-13-1-4-16(5-2-13)21-9-10-22-17-6-7-17;14-13-6-3-11(15)8-10(13)7-9-1-4-12(16)5-2-9;1-2-5-7-6-3-4-6/h1-5,8,12,17H,6-7,9-11H2;1-6,8,16H,7H2;6H,2-5H2,1H3. The summed E-state index contributed by atoms with van der Waals surface area (Å²) in [6, 6.07) is 27.5. The zero-order chi connectivity index (χ0) is 32.0. The molecule has 1 N–H and O–H groups in total. The molecule has 0 spiro atoms. The second kappa shape index (κ2) is 19.3. The molecule has 0 unspecified atom stereocenters. The molecule has 6 rings (SSSR count). The van der Waals surface area contributed by atoms with Crippen molar-refractivity contribution >= 4 is 68.4 Å². The zero-order valence-corrected chi connectivity index (χ0v) is 31.3. The first-order valence-electron chi connectivity index (χ1n) is 15.4. The molecule has 2 aliphatic rings. The van der Waals surface area contributed by atoms with Crippen molar-refractivity contribution in [1.29, 1.82) is 0 Å².